The lowest BCUT2D eigenvalue weighted by Crippen LogP contribution is -2.34. The van der Waals surface area contributed by atoms with E-state index in [1.54, 1.807) is 25.5 Å². The number of anilines is 1. The van der Waals surface area contributed by atoms with Gasteiger partial charge < -0.3 is 10.6 Å². The summed E-state index contributed by atoms with van der Waals surface area (Å²) in [5.74, 6) is -0.106. The topological polar surface area (TPSA) is 54.0 Å². The molecule has 0 aliphatic heterocycles. The summed E-state index contributed by atoms with van der Waals surface area (Å²) in [6.45, 7) is 2.00. The van der Waals surface area contributed by atoms with E-state index in [1.807, 2.05) is 25.1 Å². The fourth-order valence-corrected chi connectivity index (χ4v) is 2.11. The Bertz CT molecular complexity index is 569. The molecule has 2 N–H and O–H groups in total. The van der Waals surface area contributed by atoms with Crippen LogP contribution in [0.25, 0.3) is 0 Å². The van der Waals surface area contributed by atoms with E-state index < -0.39 is 0 Å². The lowest BCUT2D eigenvalue weighted by molar-refractivity contribution is 0.0940. The number of nitrogens with one attached hydrogen (secondary N) is 2. The SMILES string of the molecule is CNc1ccncc1C(=O)NC(C)Cc1ccccc1. The largest absolute Gasteiger partial charge is 0.387 e. The lowest BCUT2D eigenvalue weighted by atomic mass is 10.1. The Morgan fingerprint density at radius 1 is 1.25 bits per heavy atom. The molecule has 0 fully saturated rings. The van der Waals surface area contributed by atoms with Crippen LogP contribution in [0.1, 0.15) is 22.8 Å². The Balaban J connectivity index is 2.00. The van der Waals surface area contributed by atoms with Gasteiger partial charge in [-0.2, -0.15) is 0 Å². The zero-order valence-electron chi connectivity index (χ0n) is 11.8. The molecule has 0 saturated heterocycles. The van der Waals surface area contributed by atoms with E-state index in [2.05, 4.69) is 27.8 Å². The van der Waals surface area contributed by atoms with Gasteiger partial charge in [0, 0.05) is 31.2 Å². The molecule has 2 rings (SSSR count). The molecule has 0 spiro atoms. The highest BCUT2D eigenvalue weighted by atomic mass is 16.1. The van der Waals surface area contributed by atoms with Crippen molar-refractivity contribution in [1.29, 1.82) is 0 Å². The van der Waals surface area contributed by atoms with Gasteiger partial charge >= 0.3 is 0 Å². The standard InChI is InChI=1S/C16H19N3O/c1-12(10-13-6-4-3-5-7-13)19-16(20)14-11-18-9-8-15(14)17-2/h3-9,11-12H,10H2,1-2H3,(H,17,18)(H,19,20). The first-order chi connectivity index (χ1) is 9.70. The third-order valence-corrected chi connectivity index (χ3v) is 3.10. The zero-order chi connectivity index (χ0) is 14.4. The number of amides is 1. The number of aromatic nitrogens is 1. The highest BCUT2D eigenvalue weighted by Crippen LogP contribution is 2.13. The average molecular weight is 269 g/mol. The number of carbonyl (C=O) groups excluding carboxylic acids is 1. The van der Waals surface area contributed by atoms with Gasteiger partial charge in [-0.05, 0) is 25.0 Å². The maximum absolute atomic E-state index is 12.2. The molecular formula is C16H19N3O. The Hall–Kier alpha value is -2.36. The van der Waals surface area contributed by atoms with Crippen molar-refractivity contribution in [1.82, 2.24) is 10.3 Å². The van der Waals surface area contributed by atoms with E-state index in [4.69, 9.17) is 0 Å². The van der Waals surface area contributed by atoms with Crippen LogP contribution in [0.15, 0.2) is 48.8 Å². The predicted octanol–water partition coefficient (Wildman–Crippen LogP) is 2.48. The minimum absolute atomic E-state index is 0.0646. The van der Waals surface area contributed by atoms with Crippen LogP contribution in [0.4, 0.5) is 5.69 Å². The number of rotatable bonds is 5. The summed E-state index contributed by atoms with van der Waals surface area (Å²) in [6, 6.07) is 12.0. The van der Waals surface area contributed by atoms with Gasteiger partial charge in [-0.1, -0.05) is 30.3 Å². The molecule has 1 amide bonds. The van der Waals surface area contributed by atoms with Gasteiger partial charge in [0.15, 0.2) is 0 Å². The number of hydrogen-bond donors (Lipinski definition) is 2. The van der Waals surface area contributed by atoms with Gasteiger partial charge in [-0.25, -0.2) is 0 Å². The zero-order valence-corrected chi connectivity index (χ0v) is 11.8. The quantitative estimate of drug-likeness (QED) is 0.876. The maximum atomic E-state index is 12.2. The monoisotopic (exact) mass is 269 g/mol. The van der Waals surface area contributed by atoms with Crippen molar-refractivity contribution in [3.8, 4) is 0 Å². The molecule has 4 heteroatoms. The van der Waals surface area contributed by atoms with Crippen LogP contribution in [-0.4, -0.2) is 24.0 Å². The summed E-state index contributed by atoms with van der Waals surface area (Å²) in [4.78, 5) is 16.2. The molecule has 104 valence electrons. The third-order valence-electron chi connectivity index (χ3n) is 3.10. The van der Waals surface area contributed by atoms with Gasteiger partial charge in [0.25, 0.3) is 5.91 Å². The molecule has 1 unspecified atom stereocenters. The molecule has 1 heterocycles. The average Bonchev–Trinajstić information content (AvgIpc) is 2.48. The Morgan fingerprint density at radius 2 is 2.00 bits per heavy atom. The van der Waals surface area contributed by atoms with Crippen molar-refractivity contribution in [2.24, 2.45) is 0 Å². The number of pyridine rings is 1. The van der Waals surface area contributed by atoms with Crippen LogP contribution in [0, 0.1) is 0 Å². The maximum Gasteiger partial charge on any atom is 0.255 e. The van der Waals surface area contributed by atoms with Gasteiger partial charge in [-0.3, -0.25) is 9.78 Å². The number of carbonyl (C=O) groups is 1. The number of nitrogens with zero attached hydrogens (tertiary/aromatic N) is 1. The molecule has 1 atom stereocenters. The van der Waals surface area contributed by atoms with Crippen molar-refractivity contribution in [3.63, 3.8) is 0 Å². The van der Waals surface area contributed by atoms with Crippen molar-refractivity contribution < 1.29 is 4.79 Å². The van der Waals surface area contributed by atoms with Crippen molar-refractivity contribution in [3.05, 3.63) is 59.9 Å². The highest BCUT2D eigenvalue weighted by molar-refractivity contribution is 5.99. The first-order valence-corrected chi connectivity index (χ1v) is 6.67. The first kappa shape index (κ1) is 14.1. The van der Waals surface area contributed by atoms with Gasteiger partial charge in [0.1, 0.15) is 0 Å². The van der Waals surface area contributed by atoms with Crippen LogP contribution in [0.3, 0.4) is 0 Å². The Kier molecular flexibility index (Phi) is 4.71. The van der Waals surface area contributed by atoms with E-state index in [1.165, 1.54) is 5.56 Å². The highest BCUT2D eigenvalue weighted by Gasteiger charge is 2.13. The van der Waals surface area contributed by atoms with E-state index in [0.717, 1.165) is 12.1 Å². The van der Waals surface area contributed by atoms with E-state index in [-0.39, 0.29) is 11.9 Å². The number of benzene rings is 1. The fraction of sp³-hybridized carbons (Fsp3) is 0.250. The minimum atomic E-state index is -0.106. The molecule has 0 radical (unpaired) electrons. The fourth-order valence-electron chi connectivity index (χ4n) is 2.11. The van der Waals surface area contributed by atoms with Crippen molar-refractivity contribution in [2.45, 2.75) is 19.4 Å². The van der Waals surface area contributed by atoms with Crippen LogP contribution in [0.2, 0.25) is 0 Å². The molecule has 2 aromatic rings. The second-order valence-corrected chi connectivity index (χ2v) is 4.74. The Morgan fingerprint density at radius 3 is 2.70 bits per heavy atom. The van der Waals surface area contributed by atoms with Crippen LogP contribution < -0.4 is 10.6 Å². The second-order valence-electron chi connectivity index (χ2n) is 4.74. The van der Waals surface area contributed by atoms with Crippen LogP contribution in [0.5, 0.6) is 0 Å². The summed E-state index contributed by atoms with van der Waals surface area (Å²) in [6.07, 6.45) is 4.05. The Labute approximate surface area is 119 Å². The van der Waals surface area contributed by atoms with Gasteiger partial charge in [0.2, 0.25) is 0 Å². The number of hydrogen-bond acceptors (Lipinski definition) is 3. The molecule has 20 heavy (non-hydrogen) atoms. The summed E-state index contributed by atoms with van der Waals surface area (Å²) < 4.78 is 0. The van der Waals surface area contributed by atoms with Crippen molar-refractivity contribution >= 4 is 11.6 Å². The van der Waals surface area contributed by atoms with Crippen molar-refractivity contribution in [2.75, 3.05) is 12.4 Å². The molecule has 0 aliphatic carbocycles. The second kappa shape index (κ2) is 6.70. The molecule has 0 saturated carbocycles. The summed E-state index contributed by atoms with van der Waals surface area (Å²) >= 11 is 0. The minimum Gasteiger partial charge on any atom is -0.387 e. The van der Waals surface area contributed by atoms with E-state index >= 15 is 0 Å². The molecule has 0 bridgehead atoms. The van der Waals surface area contributed by atoms with E-state index in [0.29, 0.717) is 5.56 Å². The normalized spacial score (nSPS) is 11.7. The molecule has 1 aromatic carbocycles. The summed E-state index contributed by atoms with van der Waals surface area (Å²) in [5, 5.41) is 6.00. The first-order valence-electron chi connectivity index (χ1n) is 6.67. The molecule has 1 aromatic heterocycles. The summed E-state index contributed by atoms with van der Waals surface area (Å²) in [5.41, 5.74) is 2.56. The van der Waals surface area contributed by atoms with Crippen LogP contribution in [-0.2, 0) is 6.42 Å². The smallest absolute Gasteiger partial charge is 0.255 e. The van der Waals surface area contributed by atoms with Gasteiger partial charge in [0.05, 0.1) is 5.56 Å². The van der Waals surface area contributed by atoms with Crippen LogP contribution >= 0.6 is 0 Å². The summed E-state index contributed by atoms with van der Waals surface area (Å²) in [7, 11) is 1.79. The lowest BCUT2D eigenvalue weighted by Gasteiger charge is -2.15. The van der Waals surface area contributed by atoms with Gasteiger partial charge in [-0.15, -0.1) is 0 Å². The molecule has 0 aliphatic rings. The third kappa shape index (κ3) is 3.57. The predicted molar refractivity (Wildman–Crippen MR) is 80.9 cm³/mol. The molecule has 4 nitrogen and oxygen atoms in total. The molecular weight excluding hydrogens is 250 g/mol. The van der Waals surface area contributed by atoms with E-state index in [9.17, 15) is 4.79 Å².